The first kappa shape index (κ1) is 15.1. The highest BCUT2D eigenvalue weighted by molar-refractivity contribution is 8.13. The molecule has 19 heavy (non-hydrogen) atoms. The Morgan fingerprint density at radius 2 is 2.32 bits per heavy atom. The summed E-state index contributed by atoms with van der Waals surface area (Å²) in [5.74, 6) is -0.818. The van der Waals surface area contributed by atoms with Gasteiger partial charge in [-0.15, -0.1) is 0 Å². The number of nitrogens with one attached hydrogen (secondary N) is 1. The number of aryl methyl sites for hydroxylation is 2. The van der Waals surface area contributed by atoms with Crippen LogP contribution >= 0.6 is 11.8 Å². The zero-order chi connectivity index (χ0) is 14.3. The first-order valence-corrected chi connectivity index (χ1v) is 6.88. The first-order chi connectivity index (χ1) is 9.06. The van der Waals surface area contributed by atoms with Crippen LogP contribution in [0.3, 0.4) is 0 Å². The fraction of sp³-hybridized carbons (Fsp3) is 0.308. The van der Waals surface area contributed by atoms with E-state index in [0.29, 0.717) is 11.6 Å². The normalized spacial score (nSPS) is 10.9. The number of aliphatic imine (C=N–C) groups is 1. The Morgan fingerprint density at radius 1 is 1.58 bits per heavy atom. The molecule has 1 rings (SSSR count). The zero-order valence-corrected chi connectivity index (χ0v) is 11.6. The van der Waals surface area contributed by atoms with Crippen molar-refractivity contribution in [3.05, 3.63) is 29.3 Å². The van der Waals surface area contributed by atoms with Crippen LogP contribution in [0.2, 0.25) is 0 Å². The van der Waals surface area contributed by atoms with E-state index in [9.17, 15) is 4.79 Å². The van der Waals surface area contributed by atoms with E-state index in [1.165, 1.54) is 11.8 Å². The second-order valence-electron chi connectivity index (χ2n) is 3.87. The molecule has 0 aliphatic rings. The van der Waals surface area contributed by atoms with Crippen molar-refractivity contribution < 1.29 is 9.90 Å². The average Bonchev–Trinajstić information content (AvgIpc) is 2.38. The minimum Gasteiger partial charge on any atom is -0.481 e. The third-order valence-electron chi connectivity index (χ3n) is 2.48. The lowest BCUT2D eigenvalue weighted by molar-refractivity contribution is -0.136. The lowest BCUT2D eigenvalue weighted by Gasteiger charge is -2.06. The summed E-state index contributed by atoms with van der Waals surface area (Å²) < 4.78 is 0. The zero-order valence-electron chi connectivity index (χ0n) is 10.8. The summed E-state index contributed by atoms with van der Waals surface area (Å²) in [6.07, 6.45) is 4.23. The number of carboxylic acids is 1. The summed E-state index contributed by atoms with van der Waals surface area (Å²) in [6.45, 7) is 1.92. The maximum Gasteiger partial charge on any atom is 0.303 e. The fourth-order valence-electron chi connectivity index (χ4n) is 1.46. The van der Waals surface area contributed by atoms with Crippen molar-refractivity contribution in [3.63, 3.8) is 0 Å². The SMILES string of the molecule is CSC(=Nc1cc(CCC(=O)O)ccc1C)NC#N. The largest absolute Gasteiger partial charge is 0.481 e. The number of carboxylic acid groups (broad SMARTS) is 1. The van der Waals surface area contributed by atoms with Gasteiger partial charge in [0.2, 0.25) is 0 Å². The van der Waals surface area contributed by atoms with Gasteiger partial charge in [-0.2, -0.15) is 5.26 Å². The molecule has 0 bridgehead atoms. The van der Waals surface area contributed by atoms with Crippen molar-refractivity contribution in [2.24, 2.45) is 4.99 Å². The molecule has 0 unspecified atom stereocenters. The van der Waals surface area contributed by atoms with Crippen molar-refractivity contribution >= 4 is 28.6 Å². The lowest BCUT2D eigenvalue weighted by Crippen LogP contribution is -2.12. The number of aliphatic carboxylic acids is 1. The lowest BCUT2D eigenvalue weighted by atomic mass is 10.1. The number of carbonyl (C=O) groups is 1. The number of benzene rings is 1. The monoisotopic (exact) mass is 277 g/mol. The van der Waals surface area contributed by atoms with Gasteiger partial charge in [0.05, 0.1) is 5.69 Å². The summed E-state index contributed by atoms with van der Waals surface area (Å²) in [5, 5.41) is 20.3. The van der Waals surface area contributed by atoms with Crippen LogP contribution in [0.5, 0.6) is 0 Å². The molecule has 0 atom stereocenters. The van der Waals surface area contributed by atoms with Crippen LogP contribution in [0.15, 0.2) is 23.2 Å². The van der Waals surface area contributed by atoms with E-state index in [2.05, 4.69) is 10.3 Å². The minimum absolute atomic E-state index is 0.0953. The van der Waals surface area contributed by atoms with E-state index in [0.717, 1.165) is 16.8 Å². The third kappa shape index (κ3) is 5.02. The van der Waals surface area contributed by atoms with Crippen molar-refractivity contribution in [2.75, 3.05) is 6.26 Å². The topological polar surface area (TPSA) is 85.5 Å². The van der Waals surface area contributed by atoms with E-state index >= 15 is 0 Å². The second-order valence-corrected chi connectivity index (χ2v) is 4.67. The Balaban J connectivity index is 2.96. The fourth-order valence-corrected chi connectivity index (χ4v) is 1.80. The number of nitriles is 1. The number of hydrogen-bond acceptors (Lipinski definition) is 4. The Morgan fingerprint density at radius 3 is 2.89 bits per heavy atom. The molecule has 100 valence electrons. The third-order valence-corrected chi connectivity index (χ3v) is 3.06. The van der Waals surface area contributed by atoms with Gasteiger partial charge in [-0.25, -0.2) is 4.99 Å². The van der Waals surface area contributed by atoms with Crippen LogP contribution in [0.1, 0.15) is 17.5 Å². The molecule has 2 N–H and O–H groups in total. The molecule has 0 radical (unpaired) electrons. The number of thioether (sulfide) groups is 1. The van der Waals surface area contributed by atoms with Crippen molar-refractivity contribution in [2.45, 2.75) is 19.8 Å². The van der Waals surface area contributed by atoms with Crippen molar-refractivity contribution in [1.82, 2.24) is 5.32 Å². The van der Waals surface area contributed by atoms with E-state index in [-0.39, 0.29) is 6.42 Å². The van der Waals surface area contributed by atoms with Crippen molar-refractivity contribution in [3.8, 4) is 6.19 Å². The molecular weight excluding hydrogens is 262 g/mol. The highest BCUT2D eigenvalue weighted by Crippen LogP contribution is 2.22. The molecule has 6 heteroatoms. The van der Waals surface area contributed by atoms with Gasteiger partial charge in [0.15, 0.2) is 11.4 Å². The van der Waals surface area contributed by atoms with Crippen molar-refractivity contribution in [1.29, 1.82) is 5.26 Å². The Bertz CT molecular complexity index is 535. The van der Waals surface area contributed by atoms with Crippen LogP contribution in [-0.2, 0) is 11.2 Å². The molecule has 0 saturated heterocycles. The summed E-state index contributed by atoms with van der Waals surface area (Å²) in [4.78, 5) is 14.9. The molecule has 1 aromatic carbocycles. The maximum absolute atomic E-state index is 10.6. The molecule has 0 amide bonds. The summed E-state index contributed by atoms with van der Waals surface area (Å²) in [7, 11) is 0. The predicted octanol–water partition coefficient (Wildman–Crippen LogP) is 2.43. The predicted molar refractivity (Wildman–Crippen MR) is 76.5 cm³/mol. The molecule has 1 aromatic rings. The summed E-state index contributed by atoms with van der Waals surface area (Å²) in [5.41, 5.74) is 2.64. The first-order valence-electron chi connectivity index (χ1n) is 5.66. The molecule has 5 nitrogen and oxygen atoms in total. The van der Waals surface area contributed by atoms with Crippen LogP contribution < -0.4 is 5.32 Å². The Hall–Kier alpha value is -2.00. The van der Waals surface area contributed by atoms with E-state index < -0.39 is 5.97 Å². The molecule has 0 fully saturated rings. The smallest absolute Gasteiger partial charge is 0.303 e. The van der Waals surface area contributed by atoms with Gasteiger partial charge >= 0.3 is 5.97 Å². The molecular formula is C13H15N3O2S. The molecule has 0 aliphatic carbocycles. The van der Waals surface area contributed by atoms with E-state index in [4.69, 9.17) is 10.4 Å². The standard InChI is InChI=1S/C13H15N3O2S/c1-9-3-4-10(5-6-12(17)18)7-11(9)16-13(19-2)15-8-14/h3-4,7H,5-6H2,1-2H3,(H,15,16)(H,17,18). The van der Waals surface area contributed by atoms with Crippen LogP contribution in [0.25, 0.3) is 0 Å². The highest BCUT2D eigenvalue weighted by Gasteiger charge is 2.04. The Kier molecular flexibility index (Phi) is 5.90. The van der Waals surface area contributed by atoms with Crippen LogP contribution in [0.4, 0.5) is 5.69 Å². The van der Waals surface area contributed by atoms with Gasteiger partial charge in [-0.1, -0.05) is 23.9 Å². The van der Waals surface area contributed by atoms with Crippen LogP contribution in [0, 0.1) is 18.4 Å². The van der Waals surface area contributed by atoms with E-state index in [1.54, 1.807) is 0 Å². The molecule has 0 saturated carbocycles. The highest BCUT2D eigenvalue weighted by atomic mass is 32.2. The Labute approximate surface area is 116 Å². The van der Waals surface area contributed by atoms with Gasteiger partial charge in [0.1, 0.15) is 0 Å². The molecule has 0 aliphatic heterocycles. The summed E-state index contributed by atoms with van der Waals surface area (Å²) >= 11 is 1.34. The van der Waals surface area contributed by atoms with Gasteiger partial charge in [-0.05, 0) is 36.8 Å². The second kappa shape index (κ2) is 7.44. The number of rotatable bonds is 4. The number of nitrogens with zero attached hydrogens (tertiary/aromatic N) is 2. The quantitative estimate of drug-likeness (QED) is 0.382. The summed E-state index contributed by atoms with van der Waals surface area (Å²) in [6, 6.07) is 5.65. The molecule has 0 spiro atoms. The average molecular weight is 277 g/mol. The van der Waals surface area contributed by atoms with Gasteiger partial charge < -0.3 is 5.11 Å². The van der Waals surface area contributed by atoms with Gasteiger partial charge in [0, 0.05) is 6.42 Å². The van der Waals surface area contributed by atoms with E-state index in [1.807, 2.05) is 37.6 Å². The number of amidine groups is 1. The minimum atomic E-state index is -0.818. The van der Waals surface area contributed by atoms with Gasteiger partial charge in [-0.3, -0.25) is 10.1 Å². The number of hydrogen-bond donors (Lipinski definition) is 2. The van der Waals surface area contributed by atoms with Crippen LogP contribution in [-0.4, -0.2) is 22.5 Å². The van der Waals surface area contributed by atoms with Gasteiger partial charge in [0.25, 0.3) is 0 Å². The molecule has 0 aromatic heterocycles. The molecule has 0 heterocycles. The maximum atomic E-state index is 10.6.